The highest BCUT2D eigenvalue weighted by molar-refractivity contribution is 7.15. The Balaban J connectivity index is 2.52. The Kier molecular flexibility index (Phi) is 3.79. The highest BCUT2D eigenvalue weighted by Gasteiger charge is 2.12. The van der Waals surface area contributed by atoms with Crippen molar-refractivity contribution in [1.82, 2.24) is 9.97 Å². The molecular weight excluding hydrogens is 252 g/mol. The van der Waals surface area contributed by atoms with Gasteiger partial charge in [-0.15, -0.1) is 11.3 Å². The van der Waals surface area contributed by atoms with Crippen LogP contribution in [0.25, 0.3) is 10.6 Å². The Morgan fingerprint density at radius 2 is 2.00 bits per heavy atom. The molecule has 90 valence electrons. The van der Waals surface area contributed by atoms with Gasteiger partial charge in [0, 0.05) is 16.9 Å². The summed E-state index contributed by atoms with van der Waals surface area (Å²) in [6.45, 7) is 6.19. The molecule has 2 aromatic rings. The Labute approximate surface area is 111 Å². The minimum absolute atomic E-state index is 0.574. The second-order valence-corrected chi connectivity index (χ2v) is 5.71. The molecular formula is C13H15ClN2S. The van der Waals surface area contributed by atoms with Crippen molar-refractivity contribution < 1.29 is 0 Å². The number of halogens is 1. The van der Waals surface area contributed by atoms with E-state index in [-0.39, 0.29) is 0 Å². The van der Waals surface area contributed by atoms with E-state index in [0.29, 0.717) is 5.15 Å². The molecule has 2 aromatic heterocycles. The molecule has 0 unspecified atom stereocenters. The largest absolute Gasteiger partial charge is 0.232 e. The normalized spacial score (nSPS) is 10.8. The molecule has 0 N–H and O–H groups in total. The fourth-order valence-electron chi connectivity index (χ4n) is 1.67. The van der Waals surface area contributed by atoms with E-state index >= 15 is 0 Å². The van der Waals surface area contributed by atoms with Crippen LogP contribution >= 0.6 is 22.9 Å². The van der Waals surface area contributed by atoms with Crippen LogP contribution in [-0.2, 0) is 6.42 Å². The summed E-state index contributed by atoms with van der Waals surface area (Å²) in [7, 11) is 0. The summed E-state index contributed by atoms with van der Waals surface area (Å²) < 4.78 is 0. The molecule has 0 saturated carbocycles. The first kappa shape index (κ1) is 12.5. The average Bonchev–Trinajstić information content (AvgIpc) is 2.70. The van der Waals surface area contributed by atoms with Crippen molar-refractivity contribution in [2.45, 2.75) is 33.6 Å². The third kappa shape index (κ3) is 2.67. The van der Waals surface area contributed by atoms with Crippen molar-refractivity contribution in [3.05, 3.63) is 33.6 Å². The molecule has 0 saturated heterocycles. The monoisotopic (exact) mass is 266 g/mol. The fraction of sp³-hybridized carbons (Fsp3) is 0.385. The van der Waals surface area contributed by atoms with Gasteiger partial charge >= 0.3 is 0 Å². The van der Waals surface area contributed by atoms with E-state index in [1.165, 1.54) is 9.75 Å². The molecule has 0 fully saturated rings. The predicted molar refractivity (Wildman–Crippen MR) is 73.8 cm³/mol. The highest BCUT2D eigenvalue weighted by atomic mass is 35.5. The van der Waals surface area contributed by atoms with Crippen molar-refractivity contribution >= 4 is 22.9 Å². The smallest absolute Gasteiger partial charge is 0.136 e. The van der Waals surface area contributed by atoms with Gasteiger partial charge < -0.3 is 0 Å². The van der Waals surface area contributed by atoms with Crippen LogP contribution in [0.3, 0.4) is 0 Å². The van der Waals surface area contributed by atoms with Gasteiger partial charge in [0.2, 0.25) is 0 Å². The number of thiophene rings is 1. The zero-order valence-corrected chi connectivity index (χ0v) is 11.8. The van der Waals surface area contributed by atoms with Crippen LogP contribution in [0.4, 0.5) is 0 Å². The first-order valence-electron chi connectivity index (χ1n) is 5.71. The molecule has 0 aliphatic rings. The maximum atomic E-state index is 6.16. The number of aryl methyl sites for hydroxylation is 2. The molecule has 0 atom stereocenters. The minimum atomic E-state index is 0.574. The Morgan fingerprint density at radius 1 is 1.24 bits per heavy atom. The van der Waals surface area contributed by atoms with Gasteiger partial charge in [0.05, 0.1) is 10.6 Å². The van der Waals surface area contributed by atoms with Gasteiger partial charge in [0.25, 0.3) is 0 Å². The molecule has 2 nitrogen and oxygen atoms in total. The summed E-state index contributed by atoms with van der Waals surface area (Å²) in [5.41, 5.74) is 1.94. The van der Waals surface area contributed by atoms with E-state index in [1.807, 2.05) is 6.92 Å². The van der Waals surface area contributed by atoms with E-state index in [0.717, 1.165) is 29.9 Å². The molecule has 0 spiro atoms. The van der Waals surface area contributed by atoms with Gasteiger partial charge in [0.1, 0.15) is 11.0 Å². The summed E-state index contributed by atoms with van der Waals surface area (Å²) in [6.07, 6.45) is 1.90. The third-order valence-electron chi connectivity index (χ3n) is 2.58. The molecule has 0 aliphatic heterocycles. The molecule has 2 heterocycles. The van der Waals surface area contributed by atoms with E-state index in [2.05, 4.69) is 35.9 Å². The predicted octanol–water partition coefficient (Wildman–Crippen LogP) is 4.43. The number of hydrogen-bond acceptors (Lipinski definition) is 3. The summed E-state index contributed by atoms with van der Waals surface area (Å²) in [5, 5.41) is 0.574. The van der Waals surface area contributed by atoms with Crippen molar-refractivity contribution in [2.24, 2.45) is 0 Å². The van der Waals surface area contributed by atoms with E-state index in [9.17, 15) is 0 Å². The molecule has 17 heavy (non-hydrogen) atoms. The van der Waals surface area contributed by atoms with Gasteiger partial charge in [-0.25, -0.2) is 9.97 Å². The lowest BCUT2D eigenvalue weighted by Gasteiger charge is -2.07. The zero-order valence-electron chi connectivity index (χ0n) is 10.2. The average molecular weight is 267 g/mol. The molecule has 0 radical (unpaired) electrons. The number of aromatic nitrogens is 2. The SMILES string of the molecule is CCCc1nc(Cl)c(C)c(-c2ccc(C)s2)n1. The number of rotatable bonds is 3. The lowest BCUT2D eigenvalue weighted by Crippen LogP contribution is -1.99. The lowest BCUT2D eigenvalue weighted by molar-refractivity contribution is 0.833. The quantitative estimate of drug-likeness (QED) is 0.768. The molecule has 2 rings (SSSR count). The lowest BCUT2D eigenvalue weighted by atomic mass is 10.2. The van der Waals surface area contributed by atoms with Gasteiger partial charge in [0.15, 0.2) is 0 Å². The standard InChI is InChI=1S/C13H15ClN2S/c1-4-5-11-15-12(9(3)13(14)16-11)10-7-6-8(2)17-10/h6-7H,4-5H2,1-3H3. The topological polar surface area (TPSA) is 25.8 Å². The van der Waals surface area contributed by atoms with Crippen molar-refractivity contribution in [1.29, 1.82) is 0 Å². The highest BCUT2D eigenvalue weighted by Crippen LogP contribution is 2.31. The molecule has 0 aliphatic carbocycles. The van der Waals surface area contributed by atoms with Gasteiger partial charge in [-0.05, 0) is 32.4 Å². The van der Waals surface area contributed by atoms with Crippen LogP contribution in [0.1, 0.15) is 29.6 Å². The van der Waals surface area contributed by atoms with Crippen LogP contribution < -0.4 is 0 Å². The molecule has 0 aromatic carbocycles. The summed E-state index contributed by atoms with van der Waals surface area (Å²) in [4.78, 5) is 11.4. The second-order valence-electron chi connectivity index (χ2n) is 4.06. The third-order valence-corrected chi connectivity index (χ3v) is 3.96. The molecule has 4 heteroatoms. The summed E-state index contributed by atoms with van der Waals surface area (Å²) >= 11 is 7.91. The fourth-order valence-corrected chi connectivity index (χ4v) is 2.77. The minimum Gasteiger partial charge on any atom is -0.232 e. The number of hydrogen-bond donors (Lipinski definition) is 0. The maximum absolute atomic E-state index is 6.16. The van der Waals surface area contributed by atoms with Gasteiger partial charge in [-0.1, -0.05) is 18.5 Å². The van der Waals surface area contributed by atoms with Crippen LogP contribution in [0.5, 0.6) is 0 Å². The van der Waals surface area contributed by atoms with Crippen LogP contribution in [0.2, 0.25) is 5.15 Å². The van der Waals surface area contributed by atoms with E-state index in [4.69, 9.17) is 11.6 Å². The van der Waals surface area contributed by atoms with Crippen LogP contribution in [0, 0.1) is 13.8 Å². The van der Waals surface area contributed by atoms with E-state index < -0.39 is 0 Å². The number of nitrogens with zero attached hydrogens (tertiary/aromatic N) is 2. The van der Waals surface area contributed by atoms with Crippen LogP contribution in [-0.4, -0.2) is 9.97 Å². The summed E-state index contributed by atoms with van der Waals surface area (Å²) in [5.74, 6) is 0.837. The zero-order chi connectivity index (χ0) is 12.4. The first-order valence-corrected chi connectivity index (χ1v) is 6.91. The Bertz CT molecular complexity index is 534. The first-order chi connectivity index (χ1) is 8.11. The maximum Gasteiger partial charge on any atom is 0.136 e. The van der Waals surface area contributed by atoms with Crippen molar-refractivity contribution in [3.8, 4) is 10.6 Å². The van der Waals surface area contributed by atoms with Crippen LogP contribution in [0.15, 0.2) is 12.1 Å². The van der Waals surface area contributed by atoms with Crippen molar-refractivity contribution in [2.75, 3.05) is 0 Å². The summed E-state index contributed by atoms with van der Waals surface area (Å²) in [6, 6.07) is 4.20. The second kappa shape index (κ2) is 5.15. The van der Waals surface area contributed by atoms with Gasteiger partial charge in [-0.3, -0.25) is 0 Å². The Hall–Kier alpha value is -0.930. The molecule has 0 amide bonds. The van der Waals surface area contributed by atoms with E-state index in [1.54, 1.807) is 11.3 Å². The Morgan fingerprint density at radius 3 is 2.59 bits per heavy atom. The molecule has 0 bridgehead atoms. The van der Waals surface area contributed by atoms with Crippen molar-refractivity contribution in [3.63, 3.8) is 0 Å². The van der Waals surface area contributed by atoms with Gasteiger partial charge in [-0.2, -0.15) is 0 Å².